The maximum Gasteiger partial charge on any atom is 0.501 e. The van der Waals surface area contributed by atoms with E-state index in [2.05, 4.69) is 10.3 Å². The molecule has 37 heavy (non-hydrogen) atoms. The Morgan fingerprint density at radius 3 is 2.38 bits per heavy atom. The zero-order chi connectivity index (χ0) is 27.0. The Morgan fingerprint density at radius 2 is 1.73 bits per heavy atom. The van der Waals surface area contributed by atoms with Crippen LogP contribution in [0.25, 0.3) is 0 Å². The number of amides is 4. The van der Waals surface area contributed by atoms with Crippen LogP contribution in [0, 0.1) is 0 Å². The number of pyridine rings is 1. The number of nitrogens with zero attached hydrogens (tertiary/aromatic N) is 3. The number of sulfone groups is 1. The monoisotopic (exact) mass is 552 g/mol. The highest BCUT2D eigenvalue weighted by atomic mass is 35.5. The van der Waals surface area contributed by atoms with Crippen molar-refractivity contribution >= 4 is 50.8 Å². The fourth-order valence-electron chi connectivity index (χ4n) is 3.53. The summed E-state index contributed by atoms with van der Waals surface area (Å²) in [6, 6.07) is 12.0. The second kappa shape index (κ2) is 9.82. The number of imide groups is 1. The molecule has 0 spiro atoms. The Balaban J connectivity index is 1.47. The van der Waals surface area contributed by atoms with Gasteiger partial charge in [0.1, 0.15) is 12.4 Å². The molecule has 1 saturated heterocycles. The number of carbonyl (C=O) groups is 3. The van der Waals surface area contributed by atoms with Crippen LogP contribution in [0.1, 0.15) is 15.9 Å². The van der Waals surface area contributed by atoms with E-state index in [1.807, 2.05) is 0 Å². The van der Waals surface area contributed by atoms with Crippen molar-refractivity contribution < 1.29 is 36.0 Å². The van der Waals surface area contributed by atoms with Gasteiger partial charge in [0, 0.05) is 12.7 Å². The van der Waals surface area contributed by atoms with E-state index in [1.165, 1.54) is 23.2 Å². The van der Waals surface area contributed by atoms with Crippen molar-refractivity contribution in [3.05, 3.63) is 83.0 Å². The van der Waals surface area contributed by atoms with Crippen molar-refractivity contribution in [1.29, 1.82) is 0 Å². The standard InChI is InChI=1S/C23H16ClF3N4O5S/c24-18-4-2-1-3-17(18)21(33)29-19-11-14(9-10-28-19)12-30-13-20(32)31(22(30)34)15-5-7-16(8-6-15)37(35,36)23(25,26)27/h1-11H,12-13H2,(H,28,29,33). The highest BCUT2D eigenvalue weighted by Crippen LogP contribution is 2.32. The first-order valence-electron chi connectivity index (χ1n) is 10.4. The van der Waals surface area contributed by atoms with Gasteiger partial charge in [0.15, 0.2) is 0 Å². The highest BCUT2D eigenvalue weighted by Gasteiger charge is 2.47. The van der Waals surface area contributed by atoms with Gasteiger partial charge in [0.05, 0.1) is 21.2 Å². The van der Waals surface area contributed by atoms with Gasteiger partial charge in [-0.15, -0.1) is 0 Å². The normalized spacial score (nSPS) is 14.3. The first-order chi connectivity index (χ1) is 17.4. The summed E-state index contributed by atoms with van der Waals surface area (Å²) in [5.41, 5.74) is -4.80. The molecule has 1 aliphatic rings. The van der Waals surface area contributed by atoms with Crippen molar-refractivity contribution in [3.8, 4) is 0 Å². The van der Waals surface area contributed by atoms with Crippen molar-refractivity contribution in [2.24, 2.45) is 0 Å². The molecule has 0 radical (unpaired) electrons. The van der Waals surface area contributed by atoms with E-state index < -0.39 is 38.1 Å². The zero-order valence-electron chi connectivity index (χ0n) is 18.6. The molecular formula is C23H16ClF3N4O5S. The van der Waals surface area contributed by atoms with Gasteiger partial charge >= 0.3 is 11.5 Å². The van der Waals surface area contributed by atoms with E-state index in [0.29, 0.717) is 17.7 Å². The molecule has 2 aromatic carbocycles. The lowest BCUT2D eigenvalue weighted by Crippen LogP contribution is -2.32. The maximum atomic E-state index is 12.9. The lowest BCUT2D eigenvalue weighted by molar-refractivity contribution is -0.116. The summed E-state index contributed by atoms with van der Waals surface area (Å²) in [6.07, 6.45) is 1.40. The van der Waals surface area contributed by atoms with E-state index in [4.69, 9.17) is 11.6 Å². The molecule has 1 fully saturated rings. The van der Waals surface area contributed by atoms with Crippen LogP contribution in [-0.2, 0) is 21.2 Å². The van der Waals surface area contributed by atoms with Crippen LogP contribution in [0.2, 0.25) is 5.02 Å². The number of carbonyl (C=O) groups excluding carboxylic acids is 3. The summed E-state index contributed by atoms with van der Waals surface area (Å²) < 4.78 is 61.4. The molecule has 0 unspecified atom stereocenters. The zero-order valence-corrected chi connectivity index (χ0v) is 20.1. The van der Waals surface area contributed by atoms with Gasteiger partial charge in [0.25, 0.3) is 21.7 Å². The predicted octanol–water partition coefficient (Wildman–Crippen LogP) is 4.25. The molecule has 2 heterocycles. The smallest absolute Gasteiger partial charge is 0.310 e. The van der Waals surface area contributed by atoms with Crippen LogP contribution in [0.5, 0.6) is 0 Å². The van der Waals surface area contributed by atoms with Crippen molar-refractivity contribution in [2.45, 2.75) is 16.9 Å². The van der Waals surface area contributed by atoms with E-state index >= 15 is 0 Å². The minimum Gasteiger partial charge on any atom is -0.310 e. The first kappa shape index (κ1) is 26.1. The van der Waals surface area contributed by atoms with Crippen LogP contribution in [0.15, 0.2) is 71.8 Å². The Morgan fingerprint density at radius 1 is 1.05 bits per heavy atom. The molecule has 14 heteroatoms. The number of aromatic nitrogens is 1. The van der Waals surface area contributed by atoms with Gasteiger partial charge in [-0.05, 0) is 54.1 Å². The average Bonchev–Trinajstić information content (AvgIpc) is 3.11. The molecule has 4 rings (SSSR count). The summed E-state index contributed by atoms with van der Waals surface area (Å²) in [7, 11) is -5.57. The second-order valence-electron chi connectivity index (χ2n) is 7.79. The first-order valence-corrected chi connectivity index (χ1v) is 12.3. The molecule has 0 saturated carbocycles. The molecule has 1 aromatic heterocycles. The van der Waals surface area contributed by atoms with Gasteiger partial charge in [-0.25, -0.2) is 23.1 Å². The Labute approximate surface area is 213 Å². The quantitative estimate of drug-likeness (QED) is 0.457. The number of benzene rings is 2. The molecule has 0 bridgehead atoms. The number of halogens is 4. The number of urea groups is 1. The Kier molecular flexibility index (Phi) is 6.93. The third-order valence-electron chi connectivity index (χ3n) is 5.31. The van der Waals surface area contributed by atoms with Gasteiger partial charge < -0.3 is 10.2 Å². The van der Waals surface area contributed by atoms with Crippen LogP contribution < -0.4 is 10.2 Å². The van der Waals surface area contributed by atoms with Crippen LogP contribution >= 0.6 is 11.6 Å². The fraction of sp³-hybridized carbons (Fsp3) is 0.130. The number of hydrogen-bond acceptors (Lipinski definition) is 6. The third kappa shape index (κ3) is 5.27. The van der Waals surface area contributed by atoms with E-state index in [0.717, 1.165) is 17.0 Å². The summed E-state index contributed by atoms with van der Waals surface area (Å²) in [5.74, 6) is -0.971. The number of rotatable bonds is 6. The van der Waals surface area contributed by atoms with Gasteiger partial charge in [-0.1, -0.05) is 23.7 Å². The largest absolute Gasteiger partial charge is 0.501 e. The third-order valence-corrected chi connectivity index (χ3v) is 7.14. The van der Waals surface area contributed by atoms with E-state index in [-0.39, 0.29) is 35.2 Å². The molecule has 0 atom stereocenters. The topological polar surface area (TPSA) is 117 Å². The minimum absolute atomic E-state index is 0.0426. The SMILES string of the molecule is O=C(Nc1cc(CN2CC(=O)N(c3ccc(S(=O)(=O)C(F)(F)F)cc3)C2=O)ccn1)c1ccccc1Cl. The summed E-state index contributed by atoms with van der Waals surface area (Å²) in [4.78, 5) is 42.8. The molecule has 0 aliphatic carbocycles. The van der Waals surface area contributed by atoms with E-state index in [1.54, 1.807) is 24.3 Å². The predicted molar refractivity (Wildman–Crippen MR) is 127 cm³/mol. The van der Waals surface area contributed by atoms with Gasteiger partial charge in [-0.2, -0.15) is 13.2 Å². The Bertz CT molecular complexity index is 1500. The summed E-state index contributed by atoms with van der Waals surface area (Å²) in [6.45, 7) is -0.371. The molecule has 1 N–H and O–H groups in total. The van der Waals surface area contributed by atoms with Gasteiger partial charge in [0.2, 0.25) is 0 Å². The lowest BCUT2D eigenvalue weighted by atomic mass is 10.2. The molecule has 4 amide bonds. The van der Waals surface area contributed by atoms with Crippen molar-refractivity contribution in [2.75, 3.05) is 16.8 Å². The number of alkyl halides is 3. The molecular weight excluding hydrogens is 537 g/mol. The highest BCUT2D eigenvalue weighted by molar-refractivity contribution is 7.92. The molecule has 3 aromatic rings. The van der Waals surface area contributed by atoms with Crippen LogP contribution in [0.4, 0.5) is 29.5 Å². The average molecular weight is 553 g/mol. The number of nitrogens with one attached hydrogen (secondary N) is 1. The van der Waals surface area contributed by atoms with Crippen LogP contribution in [-0.4, -0.2) is 48.2 Å². The molecule has 1 aliphatic heterocycles. The molecule has 192 valence electrons. The number of anilines is 2. The van der Waals surface area contributed by atoms with Crippen molar-refractivity contribution in [3.63, 3.8) is 0 Å². The Hall–Kier alpha value is -3.97. The fourth-order valence-corrected chi connectivity index (χ4v) is 4.51. The van der Waals surface area contributed by atoms with Crippen molar-refractivity contribution in [1.82, 2.24) is 9.88 Å². The minimum atomic E-state index is -5.57. The lowest BCUT2D eigenvalue weighted by Gasteiger charge is -2.18. The maximum absolute atomic E-state index is 12.9. The number of hydrogen-bond donors (Lipinski definition) is 1. The van der Waals surface area contributed by atoms with Crippen LogP contribution in [0.3, 0.4) is 0 Å². The summed E-state index contributed by atoms with van der Waals surface area (Å²) in [5, 5.41) is 2.85. The molecule has 9 nitrogen and oxygen atoms in total. The van der Waals surface area contributed by atoms with Gasteiger partial charge in [-0.3, -0.25) is 9.59 Å². The second-order valence-corrected chi connectivity index (χ2v) is 10.1. The summed E-state index contributed by atoms with van der Waals surface area (Å²) >= 11 is 6.03. The van der Waals surface area contributed by atoms with E-state index in [9.17, 15) is 36.0 Å².